The third kappa shape index (κ3) is 11.5. The van der Waals surface area contributed by atoms with Crippen molar-refractivity contribution in [3.63, 3.8) is 0 Å². The minimum atomic E-state index is -0.331. The Bertz CT molecular complexity index is 934. The first-order chi connectivity index (χ1) is 17.4. The molecule has 0 spiro atoms. The highest BCUT2D eigenvalue weighted by Crippen LogP contribution is 2.07. The SMILES string of the molecule is COC(=O)CCCCCN[C@H](CCc1ccccc1)CN[C@@H](C)C(=O)NCc1ccc(C(=N)N)cc1. The van der Waals surface area contributed by atoms with E-state index < -0.39 is 0 Å². The number of hydrogen-bond donors (Lipinski definition) is 5. The number of methoxy groups -OCH3 is 1. The summed E-state index contributed by atoms with van der Waals surface area (Å²) in [6.07, 6.45) is 5.15. The standard InChI is InChI=1S/C28H41N5O3/c1-21(28(35)33-19-23-12-15-24(16-13-23)27(29)30)32-20-25(17-14-22-9-5-3-6-10-22)31-18-8-4-7-11-26(34)36-2/h3,5-6,9-10,12-13,15-16,21,25,31-32H,4,7-8,11,14,17-20H2,1-2H3,(H3,29,30)(H,33,35)/t21-,25+/m0/s1. The second-order valence-electron chi connectivity index (χ2n) is 9.02. The van der Waals surface area contributed by atoms with Crippen LogP contribution in [-0.4, -0.2) is 50.0 Å². The van der Waals surface area contributed by atoms with Crippen molar-refractivity contribution < 1.29 is 14.3 Å². The topological polar surface area (TPSA) is 129 Å². The molecule has 0 aliphatic rings. The minimum absolute atomic E-state index is 0.0278. The van der Waals surface area contributed by atoms with E-state index in [1.54, 1.807) is 12.1 Å². The summed E-state index contributed by atoms with van der Waals surface area (Å²) in [5.41, 5.74) is 8.40. The zero-order valence-corrected chi connectivity index (χ0v) is 21.5. The van der Waals surface area contributed by atoms with Gasteiger partial charge in [-0.25, -0.2) is 0 Å². The fourth-order valence-corrected chi connectivity index (χ4v) is 3.80. The maximum atomic E-state index is 12.6. The smallest absolute Gasteiger partial charge is 0.305 e. The number of hydrogen-bond acceptors (Lipinski definition) is 6. The number of nitrogen functional groups attached to an aromatic ring is 1. The van der Waals surface area contributed by atoms with Gasteiger partial charge < -0.3 is 26.4 Å². The van der Waals surface area contributed by atoms with Crippen molar-refractivity contribution in [2.24, 2.45) is 5.73 Å². The van der Waals surface area contributed by atoms with Gasteiger partial charge in [0.05, 0.1) is 13.2 Å². The number of carbonyl (C=O) groups is 2. The molecule has 36 heavy (non-hydrogen) atoms. The van der Waals surface area contributed by atoms with Gasteiger partial charge >= 0.3 is 5.97 Å². The van der Waals surface area contributed by atoms with Crippen molar-refractivity contribution >= 4 is 17.7 Å². The number of ether oxygens (including phenoxy) is 1. The lowest BCUT2D eigenvalue weighted by atomic mass is 10.0. The van der Waals surface area contributed by atoms with E-state index in [0.29, 0.717) is 25.1 Å². The van der Waals surface area contributed by atoms with Crippen molar-refractivity contribution in [2.45, 2.75) is 64.1 Å². The van der Waals surface area contributed by atoms with E-state index in [2.05, 4.69) is 40.2 Å². The zero-order valence-electron chi connectivity index (χ0n) is 21.5. The van der Waals surface area contributed by atoms with E-state index >= 15 is 0 Å². The van der Waals surface area contributed by atoms with Crippen LogP contribution in [0.3, 0.4) is 0 Å². The molecule has 2 aromatic rings. The van der Waals surface area contributed by atoms with Crippen molar-refractivity contribution in [1.82, 2.24) is 16.0 Å². The molecule has 1 amide bonds. The van der Waals surface area contributed by atoms with Gasteiger partial charge in [0, 0.05) is 31.1 Å². The van der Waals surface area contributed by atoms with Crippen LogP contribution in [0.4, 0.5) is 0 Å². The lowest BCUT2D eigenvalue weighted by Crippen LogP contribution is -2.47. The van der Waals surface area contributed by atoms with Gasteiger partial charge in [-0.1, -0.05) is 61.0 Å². The lowest BCUT2D eigenvalue weighted by molar-refractivity contribution is -0.140. The first kappa shape index (κ1) is 29.0. The molecule has 6 N–H and O–H groups in total. The summed E-state index contributed by atoms with van der Waals surface area (Å²) in [6.45, 7) is 3.83. The van der Waals surface area contributed by atoms with Gasteiger partial charge in [-0.3, -0.25) is 15.0 Å². The van der Waals surface area contributed by atoms with Crippen LogP contribution in [0, 0.1) is 5.41 Å². The average molecular weight is 496 g/mol. The Morgan fingerprint density at radius 2 is 1.69 bits per heavy atom. The summed E-state index contributed by atoms with van der Waals surface area (Å²) < 4.78 is 4.69. The molecule has 2 aromatic carbocycles. The molecule has 8 nitrogen and oxygen atoms in total. The van der Waals surface area contributed by atoms with Gasteiger partial charge in [-0.2, -0.15) is 0 Å². The predicted octanol–water partition coefficient (Wildman–Crippen LogP) is 2.89. The largest absolute Gasteiger partial charge is 0.469 e. The van der Waals surface area contributed by atoms with Gasteiger partial charge in [-0.05, 0) is 50.3 Å². The van der Waals surface area contributed by atoms with Crippen LogP contribution in [-0.2, 0) is 27.3 Å². The third-order valence-corrected chi connectivity index (χ3v) is 6.14. The van der Waals surface area contributed by atoms with Crippen molar-refractivity contribution in [3.05, 3.63) is 71.3 Å². The number of unbranched alkanes of at least 4 members (excludes halogenated alkanes) is 2. The number of amides is 1. The van der Waals surface area contributed by atoms with E-state index in [4.69, 9.17) is 15.9 Å². The number of rotatable bonds is 17. The van der Waals surface area contributed by atoms with Crippen LogP contribution < -0.4 is 21.7 Å². The number of benzene rings is 2. The van der Waals surface area contributed by atoms with Gasteiger partial charge in [0.1, 0.15) is 5.84 Å². The first-order valence-electron chi connectivity index (χ1n) is 12.7. The molecule has 2 atom stereocenters. The molecule has 0 aliphatic heterocycles. The second-order valence-corrected chi connectivity index (χ2v) is 9.02. The molecule has 0 unspecified atom stereocenters. The zero-order chi connectivity index (χ0) is 26.2. The fourth-order valence-electron chi connectivity index (χ4n) is 3.80. The maximum Gasteiger partial charge on any atom is 0.305 e. The number of nitrogens with one attached hydrogen (secondary N) is 4. The normalized spacial score (nSPS) is 12.5. The Morgan fingerprint density at radius 3 is 2.36 bits per heavy atom. The van der Waals surface area contributed by atoms with Crippen LogP contribution in [0.1, 0.15) is 55.7 Å². The van der Waals surface area contributed by atoms with Gasteiger partial charge in [-0.15, -0.1) is 0 Å². The molecule has 2 rings (SSSR count). The summed E-state index contributed by atoms with van der Waals surface area (Å²) in [7, 11) is 1.42. The van der Waals surface area contributed by atoms with E-state index in [1.807, 2.05) is 25.1 Å². The van der Waals surface area contributed by atoms with Gasteiger partial charge in [0.15, 0.2) is 0 Å². The van der Waals surface area contributed by atoms with E-state index in [0.717, 1.165) is 44.2 Å². The van der Waals surface area contributed by atoms with Crippen molar-refractivity contribution in [2.75, 3.05) is 20.2 Å². The molecule has 0 saturated heterocycles. The molecule has 0 aromatic heterocycles. The Balaban J connectivity index is 1.77. The summed E-state index contributed by atoms with van der Waals surface area (Å²) in [5, 5.41) is 17.4. The van der Waals surface area contributed by atoms with Gasteiger partial charge in [0.25, 0.3) is 0 Å². The Kier molecular flexibility index (Phi) is 13.2. The lowest BCUT2D eigenvalue weighted by Gasteiger charge is -2.22. The molecule has 0 aliphatic carbocycles. The molecule has 0 radical (unpaired) electrons. The van der Waals surface area contributed by atoms with Gasteiger partial charge in [0.2, 0.25) is 5.91 Å². The second kappa shape index (κ2) is 16.4. The summed E-state index contributed by atoms with van der Waals surface area (Å²) in [5.74, 6) is -0.191. The number of nitrogens with two attached hydrogens (primary N) is 1. The average Bonchev–Trinajstić information content (AvgIpc) is 2.90. The minimum Gasteiger partial charge on any atom is -0.469 e. The molecule has 0 heterocycles. The highest BCUT2D eigenvalue weighted by Gasteiger charge is 2.15. The molecule has 196 valence electrons. The quantitative estimate of drug-likeness (QED) is 0.0993. The Hall–Kier alpha value is -3.23. The molecular weight excluding hydrogens is 454 g/mol. The summed E-state index contributed by atoms with van der Waals surface area (Å²) >= 11 is 0. The monoisotopic (exact) mass is 495 g/mol. The number of amidine groups is 1. The third-order valence-electron chi connectivity index (χ3n) is 6.14. The highest BCUT2D eigenvalue weighted by atomic mass is 16.5. The predicted molar refractivity (Wildman–Crippen MR) is 144 cm³/mol. The molecule has 0 fully saturated rings. The highest BCUT2D eigenvalue weighted by molar-refractivity contribution is 5.94. The van der Waals surface area contributed by atoms with E-state index in [1.165, 1.54) is 12.7 Å². The van der Waals surface area contributed by atoms with Crippen molar-refractivity contribution in [1.29, 1.82) is 5.41 Å². The van der Waals surface area contributed by atoms with E-state index in [-0.39, 0.29) is 29.8 Å². The maximum absolute atomic E-state index is 12.6. The van der Waals surface area contributed by atoms with E-state index in [9.17, 15) is 9.59 Å². The van der Waals surface area contributed by atoms with Crippen LogP contribution in [0.15, 0.2) is 54.6 Å². The van der Waals surface area contributed by atoms with Crippen molar-refractivity contribution in [3.8, 4) is 0 Å². The van der Waals surface area contributed by atoms with Crippen LogP contribution >= 0.6 is 0 Å². The van der Waals surface area contributed by atoms with Crippen LogP contribution in [0.25, 0.3) is 0 Å². The molecule has 0 bridgehead atoms. The first-order valence-corrected chi connectivity index (χ1v) is 12.7. The van der Waals surface area contributed by atoms with Crippen LogP contribution in [0.5, 0.6) is 0 Å². The molecule has 8 heteroatoms. The molecular formula is C28H41N5O3. The fraction of sp³-hybridized carbons (Fsp3) is 0.464. The number of esters is 1. The molecule has 0 saturated carbocycles. The number of aryl methyl sites for hydroxylation is 1. The summed E-state index contributed by atoms with van der Waals surface area (Å²) in [4.78, 5) is 23.9. The van der Waals surface area contributed by atoms with Crippen LogP contribution in [0.2, 0.25) is 0 Å². The Labute approximate surface area is 214 Å². The summed E-state index contributed by atoms with van der Waals surface area (Å²) in [6, 6.07) is 17.6. The number of carbonyl (C=O) groups excluding carboxylic acids is 2. The Morgan fingerprint density at radius 1 is 0.972 bits per heavy atom.